The van der Waals surface area contributed by atoms with E-state index in [1.165, 1.54) is 7.11 Å². The molecular formula is C18H22ClN3O2. The van der Waals surface area contributed by atoms with E-state index in [1.807, 2.05) is 13.0 Å². The Balaban J connectivity index is 2.27. The van der Waals surface area contributed by atoms with Crippen molar-refractivity contribution in [3.05, 3.63) is 46.7 Å². The van der Waals surface area contributed by atoms with Crippen molar-refractivity contribution in [2.75, 3.05) is 30.4 Å². The number of methoxy groups -OCH3 is 1. The fraction of sp³-hybridized carbons (Fsp3) is 0.333. The minimum Gasteiger partial charge on any atom is -0.495 e. The quantitative estimate of drug-likeness (QED) is 0.852. The zero-order valence-electron chi connectivity index (χ0n) is 14.4. The van der Waals surface area contributed by atoms with E-state index in [9.17, 15) is 4.79 Å². The van der Waals surface area contributed by atoms with Crippen LogP contribution in [0.15, 0.2) is 30.5 Å². The predicted octanol–water partition coefficient (Wildman–Crippen LogP) is 4.15. The summed E-state index contributed by atoms with van der Waals surface area (Å²) in [5, 5.41) is 3.43. The second-order valence-corrected chi connectivity index (χ2v) is 5.73. The zero-order chi connectivity index (χ0) is 17.7. The fourth-order valence-electron chi connectivity index (χ4n) is 2.45. The van der Waals surface area contributed by atoms with Gasteiger partial charge in [0.25, 0.3) is 5.91 Å². The molecule has 1 aromatic carbocycles. The summed E-state index contributed by atoms with van der Waals surface area (Å²) in [5.41, 5.74) is 2.76. The van der Waals surface area contributed by atoms with Gasteiger partial charge in [-0.1, -0.05) is 11.6 Å². The number of anilines is 2. The molecule has 5 nitrogen and oxygen atoms in total. The molecule has 0 aliphatic rings. The Labute approximate surface area is 147 Å². The lowest BCUT2D eigenvalue weighted by Crippen LogP contribution is -2.23. The van der Waals surface area contributed by atoms with E-state index in [1.54, 1.807) is 24.4 Å². The molecule has 1 heterocycles. The minimum atomic E-state index is -0.288. The van der Waals surface area contributed by atoms with Gasteiger partial charge in [-0.05, 0) is 44.5 Å². The van der Waals surface area contributed by atoms with Crippen molar-refractivity contribution < 1.29 is 9.53 Å². The van der Waals surface area contributed by atoms with Gasteiger partial charge in [0, 0.05) is 36.1 Å². The van der Waals surface area contributed by atoms with Crippen LogP contribution in [-0.2, 0) is 0 Å². The van der Waals surface area contributed by atoms with Gasteiger partial charge in [0.05, 0.1) is 12.8 Å². The number of rotatable bonds is 6. The summed E-state index contributed by atoms with van der Waals surface area (Å²) in [7, 11) is 1.54. The Kier molecular flexibility index (Phi) is 6.04. The summed E-state index contributed by atoms with van der Waals surface area (Å²) < 4.78 is 5.29. The first kappa shape index (κ1) is 18.1. The van der Waals surface area contributed by atoms with Crippen LogP contribution in [-0.4, -0.2) is 31.1 Å². The summed E-state index contributed by atoms with van der Waals surface area (Å²) in [6.45, 7) is 7.75. The molecule has 0 bridgehead atoms. The molecule has 0 aliphatic heterocycles. The number of ether oxygens (including phenoxy) is 1. The van der Waals surface area contributed by atoms with Gasteiger partial charge in [-0.15, -0.1) is 0 Å². The van der Waals surface area contributed by atoms with E-state index in [2.05, 4.69) is 29.0 Å². The van der Waals surface area contributed by atoms with E-state index in [0.29, 0.717) is 22.2 Å². The number of halogens is 1. The highest BCUT2D eigenvalue weighted by atomic mass is 35.5. The highest BCUT2D eigenvalue weighted by molar-refractivity contribution is 6.31. The predicted molar refractivity (Wildman–Crippen MR) is 98.5 cm³/mol. The van der Waals surface area contributed by atoms with Crippen LogP contribution in [0.2, 0.25) is 5.02 Å². The van der Waals surface area contributed by atoms with Crippen LogP contribution >= 0.6 is 11.6 Å². The lowest BCUT2D eigenvalue weighted by molar-refractivity contribution is 0.102. The molecule has 0 fully saturated rings. The van der Waals surface area contributed by atoms with Crippen LogP contribution < -0.4 is 15.0 Å². The summed E-state index contributed by atoms with van der Waals surface area (Å²) in [6.07, 6.45) is 1.65. The Hall–Kier alpha value is -2.27. The number of carbonyl (C=O) groups excluding carboxylic acids is 1. The lowest BCUT2D eigenvalue weighted by atomic mass is 10.2. The maximum absolute atomic E-state index is 12.5. The van der Waals surface area contributed by atoms with Gasteiger partial charge in [0.2, 0.25) is 0 Å². The van der Waals surface area contributed by atoms with Crippen LogP contribution in [0.4, 0.5) is 11.4 Å². The smallest absolute Gasteiger partial charge is 0.274 e. The highest BCUT2D eigenvalue weighted by Crippen LogP contribution is 2.31. The first-order valence-corrected chi connectivity index (χ1v) is 8.24. The van der Waals surface area contributed by atoms with Crippen molar-refractivity contribution in [2.45, 2.75) is 20.8 Å². The van der Waals surface area contributed by atoms with Crippen molar-refractivity contribution in [1.82, 2.24) is 4.98 Å². The molecule has 1 N–H and O–H groups in total. The van der Waals surface area contributed by atoms with Gasteiger partial charge in [-0.3, -0.25) is 9.78 Å². The average molecular weight is 348 g/mol. The Bertz CT molecular complexity index is 730. The SMILES string of the molecule is CCN(CC)c1ccnc(C(=O)Nc2cc(C)c(Cl)cc2OC)c1. The number of nitrogens with zero attached hydrogens (tertiary/aromatic N) is 2. The Morgan fingerprint density at radius 3 is 2.62 bits per heavy atom. The van der Waals surface area contributed by atoms with Crippen LogP contribution in [0.1, 0.15) is 29.9 Å². The number of aromatic nitrogens is 1. The van der Waals surface area contributed by atoms with Gasteiger partial charge in [0.15, 0.2) is 0 Å². The lowest BCUT2D eigenvalue weighted by Gasteiger charge is -2.21. The summed E-state index contributed by atoms with van der Waals surface area (Å²) in [4.78, 5) is 18.9. The highest BCUT2D eigenvalue weighted by Gasteiger charge is 2.14. The average Bonchev–Trinajstić information content (AvgIpc) is 2.59. The third-order valence-corrected chi connectivity index (χ3v) is 4.24. The van der Waals surface area contributed by atoms with Crippen molar-refractivity contribution in [3.8, 4) is 5.75 Å². The number of benzene rings is 1. The molecular weight excluding hydrogens is 326 g/mol. The number of hydrogen-bond donors (Lipinski definition) is 1. The minimum absolute atomic E-state index is 0.288. The third kappa shape index (κ3) is 3.97. The number of hydrogen-bond acceptors (Lipinski definition) is 4. The van der Waals surface area contributed by atoms with Crippen molar-refractivity contribution in [2.24, 2.45) is 0 Å². The first-order valence-electron chi connectivity index (χ1n) is 7.86. The molecule has 0 spiro atoms. The Morgan fingerprint density at radius 1 is 1.29 bits per heavy atom. The van der Waals surface area contributed by atoms with Crippen LogP contribution in [0, 0.1) is 6.92 Å². The summed E-state index contributed by atoms with van der Waals surface area (Å²) in [6, 6.07) is 7.16. The van der Waals surface area contributed by atoms with E-state index in [0.717, 1.165) is 24.3 Å². The van der Waals surface area contributed by atoms with E-state index >= 15 is 0 Å². The maximum atomic E-state index is 12.5. The van der Waals surface area contributed by atoms with Crippen molar-refractivity contribution in [1.29, 1.82) is 0 Å². The normalized spacial score (nSPS) is 10.4. The van der Waals surface area contributed by atoms with Gasteiger partial charge in [0.1, 0.15) is 11.4 Å². The molecule has 1 aromatic heterocycles. The number of pyridine rings is 1. The first-order chi connectivity index (χ1) is 11.5. The number of nitrogens with one attached hydrogen (secondary N) is 1. The van der Waals surface area contributed by atoms with Crippen LogP contribution in [0.25, 0.3) is 0 Å². The molecule has 2 aromatic rings. The zero-order valence-corrected chi connectivity index (χ0v) is 15.1. The molecule has 0 atom stereocenters. The number of carbonyl (C=O) groups is 1. The van der Waals surface area contributed by atoms with Crippen molar-refractivity contribution in [3.63, 3.8) is 0 Å². The van der Waals surface area contributed by atoms with Crippen molar-refractivity contribution >= 4 is 28.9 Å². The number of amides is 1. The number of aryl methyl sites for hydroxylation is 1. The van der Waals surface area contributed by atoms with Crippen LogP contribution in [0.5, 0.6) is 5.75 Å². The van der Waals surface area contributed by atoms with Gasteiger partial charge in [-0.2, -0.15) is 0 Å². The molecule has 0 unspecified atom stereocenters. The third-order valence-electron chi connectivity index (χ3n) is 3.83. The van der Waals surface area contributed by atoms with Gasteiger partial charge < -0.3 is 15.0 Å². The molecule has 2 rings (SSSR count). The largest absolute Gasteiger partial charge is 0.495 e. The second-order valence-electron chi connectivity index (χ2n) is 5.33. The second kappa shape index (κ2) is 8.02. The summed E-state index contributed by atoms with van der Waals surface area (Å²) >= 11 is 6.10. The van der Waals surface area contributed by atoms with Crippen LogP contribution in [0.3, 0.4) is 0 Å². The molecule has 6 heteroatoms. The molecule has 128 valence electrons. The van der Waals surface area contributed by atoms with Gasteiger partial charge >= 0.3 is 0 Å². The molecule has 0 radical (unpaired) electrons. The standard InChI is InChI=1S/C18H22ClN3O2/c1-5-22(6-2)13-7-8-20-16(10-13)18(23)21-15-9-12(3)14(19)11-17(15)24-4/h7-11H,5-6H2,1-4H3,(H,21,23). The monoisotopic (exact) mass is 347 g/mol. The van der Waals surface area contributed by atoms with E-state index in [4.69, 9.17) is 16.3 Å². The fourth-order valence-corrected chi connectivity index (χ4v) is 2.60. The van der Waals surface area contributed by atoms with Gasteiger partial charge in [-0.25, -0.2) is 0 Å². The summed E-state index contributed by atoms with van der Waals surface area (Å²) in [5.74, 6) is 0.225. The topological polar surface area (TPSA) is 54.5 Å². The molecule has 0 saturated heterocycles. The molecule has 0 aliphatic carbocycles. The van der Waals surface area contributed by atoms with E-state index in [-0.39, 0.29) is 5.91 Å². The molecule has 1 amide bonds. The molecule has 24 heavy (non-hydrogen) atoms. The Morgan fingerprint density at radius 2 is 2.00 bits per heavy atom. The molecule has 0 saturated carbocycles. The van der Waals surface area contributed by atoms with E-state index < -0.39 is 0 Å². The maximum Gasteiger partial charge on any atom is 0.274 e.